The van der Waals surface area contributed by atoms with E-state index < -0.39 is 9.84 Å². The van der Waals surface area contributed by atoms with Gasteiger partial charge in [-0.05, 0) is 41.1 Å². The second-order valence-corrected chi connectivity index (χ2v) is 8.67. The molecule has 1 saturated carbocycles. The summed E-state index contributed by atoms with van der Waals surface area (Å²) in [5, 5.41) is 7.55. The highest BCUT2D eigenvalue weighted by Gasteiger charge is 2.32. The topological polar surface area (TPSA) is 46.2 Å². The fourth-order valence-electron chi connectivity index (χ4n) is 2.84. The Labute approximate surface area is 120 Å². The highest BCUT2D eigenvalue weighted by Crippen LogP contribution is 2.25. The fraction of sp³-hybridized carbons (Fsp3) is 0.714. The molecule has 0 amide bonds. The minimum atomic E-state index is -2.94. The average molecular weight is 301 g/mol. The van der Waals surface area contributed by atoms with Crippen molar-refractivity contribution in [3.8, 4) is 0 Å². The van der Waals surface area contributed by atoms with Crippen molar-refractivity contribution >= 4 is 21.2 Å². The standard InChI is InChI=1S/C14H23NO2S2/c1-11(12-7-8-18-10-12)9-15-13-5-3-4-6-14(13)19(2,16)17/h7-8,10-11,13-15H,3-6,9H2,1-2H3/t11-,13-,14+/m1/s1. The van der Waals surface area contributed by atoms with Crippen LogP contribution < -0.4 is 5.32 Å². The second-order valence-electron chi connectivity index (χ2n) is 5.62. The van der Waals surface area contributed by atoms with Crippen molar-refractivity contribution in [2.75, 3.05) is 12.8 Å². The summed E-state index contributed by atoms with van der Waals surface area (Å²) in [5.74, 6) is 0.438. The predicted molar refractivity (Wildman–Crippen MR) is 81.6 cm³/mol. The van der Waals surface area contributed by atoms with Gasteiger partial charge in [-0.1, -0.05) is 19.8 Å². The van der Waals surface area contributed by atoms with Crippen molar-refractivity contribution in [1.29, 1.82) is 0 Å². The second kappa shape index (κ2) is 6.37. The molecule has 5 heteroatoms. The summed E-state index contributed by atoms with van der Waals surface area (Å²) in [6.45, 7) is 3.04. The van der Waals surface area contributed by atoms with Crippen LogP contribution in [-0.4, -0.2) is 32.5 Å². The molecule has 108 valence electrons. The van der Waals surface area contributed by atoms with E-state index in [1.165, 1.54) is 11.8 Å². The van der Waals surface area contributed by atoms with Crippen molar-refractivity contribution < 1.29 is 8.42 Å². The lowest BCUT2D eigenvalue weighted by molar-refractivity contribution is 0.366. The highest BCUT2D eigenvalue weighted by atomic mass is 32.2. The zero-order valence-electron chi connectivity index (χ0n) is 11.6. The van der Waals surface area contributed by atoms with Crippen molar-refractivity contribution in [3.63, 3.8) is 0 Å². The molecule has 0 saturated heterocycles. The van der Waals surface area contributed by atoms with Crippen LogP contribution in [0.2, 0.25) is 0 Å². The van der Waals surface area contributed by atoms with Gasteiger partial charge in [0.05, 0.1) is 5.25 Å². The Bertz CT molecular complexity index is 482. The molecule has 1 fully saturated rings. The van der Waals surface area contributed by atoms with E-state index in [4.69, 9.17) is 0 Å². The summed E-state index contributed by atoms with van der Waals surface area (Å²) < 4.78 is 23.7. The molecule has 0 bridgehead atoms. The minimum absolute atomic E-state index is 0.129. The van der Waals surface area contributed by atoms with Crippen molar-refractivity contribution in [2.45, 2.75) is 49.8 Å². The average Bonchev–Trinajstić information content (AvgIpc) is 2.89. The first kappa shape index (κ1) is 15.0. The Balaban J connectivity index is 1.93. The van der Waals surface area contributed by atoms with Crippen molar-refractivity contribution in [3.05, 3.63) is 22.4 Å². The number of hydrogen-bond acceptors (Lipinski definition) is 4. The van der Waals surface area contributed by atoms with Crippen LogP contribution in [0.5, 0.6) is 0 Å². The first-order valence-electron chi connectivity index (χ1n) is 6.93. The van der Waals surface area contributed by atoms with Crippen LogP contribution in [0.1, 0.15) is 44.1 Å². The predicted octanol–water partition coefficient (Wildman–Crippen LogP) is 2.80. The summed E-state index contributed by atoms with van der Waals surface area (Å²) in [4.78, 5) is 0. The third kappa shape index (κ3) is 4.04. The van der Waals surface area contributed by atoms with Crippen LogP contribution >= 0.6 is 11.3 Å². The van der Waals surface area contributed by atoms with E-state index in [-0.39, 0.29) is 11.3 Å². The monoisotopic (exact) mass is 301 g/mol. The maximum Gasteiger partial charge on any atom is 0.151 e. The zero-order chi connectivity index (χ0) is 13.9. The van der Waals surface area contributed by atoms with E-state index in [0.29, 0.717) is 5.92 Å². The molecular weight excluding hydrogens is 278 g/mol. The number of sulfone groups is 1. The quantitative estimate of drug-likeness (QED) is 0.909. The van der Waals surface area contributed by atoms with Gasteiger partial charge < -0.3 is 5.32 Å². The molecule has 1 N–H and O–H groups in total. The fourth-order valence-corrected chi connectivity index (χ4v) is 5.05. The summed E-state index contributed by atoms with van der Waals surface area (Å²) >= 11 is 1.71. The van der Waals surface area contributed by atoms with Gasteiger partial charge >= 0.3 is 0 Å². The maximum atomic E-state index is 11.8. The molecule has 1 heterocycles. The SMILES string of the molecule is C[C@H](CN[C@@H]1CCCC[C@@H]1S(C)(=O)=O)c1ccsc1. The largest absolute Gasteiger partial charge is 0.312 e. The van der Waals surface area contributed by atoms with Crippen LogP contribution in [0.3, 0.4) is 0 Å². The Hall–Kier alpha value is -0.390. The summed E-state index contributed by atoms with van der Waals surface area (Å²) in [6.07, 6.45) is 5.34. The summed E-state index contributed by atoms with van der Waals surface area (Å²) in [5.41, 5.74) is 1.34. The molecule has 3 atom stereocenters. The number of hydrogen-bond donors (Lipinski definition) is 1. The molecule has 1 aromatic rings. The van der Waals surface area contributed by atoms with Gasteiger partial charge in [0, 0.05) is 18.8 Å². The van der Waals surface area contributed by atoms with Gasteiger partial charge in [-0.15, -0.1) is 0 Å². The van der Waals surface area contributed by atoms with Gasteiger partial charge in [0.1, 0.15) is 0 Å². The molecule has 0 unspecified atom stereocenters. The number of thiophene rings is 1. The van der Waals surface area contributed by atoms with E-state index in [9.17, 15) is 8.42 Å². The Morgan fingerprint density at radius 2 is 2.16 bits per heavy atom. The number of rotatable bonds is 5. The zero-order valence-corrected chi connectivity index (χ0v) is 13.3. The normalized spacial score (nSPS) is 26.2. The molecule has 1 aromatic heterocycles. The molecule has 2 rings (SSSR count). The third-order valence-electron chi connectivity index (χ3n) is 4.05. The van der Waals surface area contributed by atoms with Crippen molar-refractivity contribution in [1.82, 2.24) is 5.32 Å². The van der Waals surface area contributed by atoms with Gasteiger partial charge in [0.25, 0.3) is 0 Å². The number of nitrogens with one attached hydrogen (secondary N) is 1. The molecule has 0 aliphatic heterocycles. The molecule has 1 aliphatic carbocycles. The first-order chi connectivity index (χ1) is 8.98. The minimum Gasteiger partial charge on any atom is -0.312 e. The van der Waals surface area contributed by atoms with E-state index in [1.807, 2.05) is 0 Å². The lowest BCUT2D eigenvalue weighted by Gasteiger charge is -2.31. The Morgan fingerprint density at radius 1 is 1.42 bits per heavy atom. The summed E-state index contributed by atoms with van der Waals surface area (Å²) in [7, 11) is -2.94. The van der Waals surface area contributed by atoms with Crippen LogP contribution in [-0.2, 0) is 9.84 Å². The van der Waals surface area contributed by atoms with Crippen molar-refractivity contribution in [2.24, 2.45) is 0 Å². The lowest BCUT2D eigenvalue weighted by atomic mass is 9.94. The van der Waals surface area contributed by atoms with Crippen LogP contribution in [0, 0.1) is 0 Å². The molecule has 0 spiro atoms. The highest BCUT2D eigenvalue weighted by molar-refractivity contribution is 7.91. The van der Waals surface area contributed by atoms with E-state index >= 15 is 0 Å². The Kier molecular flexibility index (Phi) is 5.03. The molecule has 19 heavy (non-hydrogen) atoms. The molecule has 3 nitrogen and oxygen atoms in total. The molecular formula is C14H23NO2S2. The van der Waals surface area contributed by atoms with Crippen LogP contribution in [0.4, 0.5) is 0 Å². The van der Waals surface area contributed by atoms with E-state index in [1.54, 1.807) is 11.3 Å². The molecule has 0 aromatic carbocycles. The van der Waals surface area contributed by atoms with E-state index in [0.717, 1.165) is 32.2 Å². The molecule has 0 radical (unpaired) electrons. The first-order valence-corrected chi connectivity index (χ1v) is 9.82. The van der Waals surface area contributed by atoms with Gasteiger partial charge in [-0.25, -0.2) is 8.42 Å². The smallest absolute Gasteiger partial charge is 0.151 e. The van der Waals surface area contributed by atoms with Gasteiger partial charge in [0.2, 0.25) is 0 Å². The Morgan fingerprint density at radius 3 is 2.79 bits per heavy atom. The molecule has 1 aliphatic rings. The van der Waals surface area contributed by atoms with Gasteiger partial charge in [-0.2, -0.15) is 11.3 Å². The summed E-state index contributed by atoms with van der Waals surface area (Å²) in [6, 6.07) is 2.27. The van der Waals surface area contributed by atoms with Gasteiger partial charge in [-0.3, -0.25) is 0 Å². The lowest BCUT2D eigenvalue weighted by Crippen LogP contribution is -2.46. The third-order valence-corrected chi connectivity index (χ3v) is 6.42. The van der Waals surface area contributed by atoms with E-state index in [2.05, 4.69) is 29.1 Å². The van der Waals surface area contributed by atoms with Gasteiger partial charge in [0.15, 0.2) is 9.84 Å². The van der Waals surface area contributed by atoms with Crippen LogP contribution in [0.25, 0.3) is 0 Å². The maximum absolute atomic E-state index is 11.8. The van der Waals surface area contributed by atoms with Crippen LogP contribution in [0.15, 0.2) is 16.8 Å².